The molecule has 0 aromatic carbocycles. The van der Waals surface area contributed by atoms with Crippen LogP contribution < -0.4 is 11.6 Å². The fraction of sp³-hybridized carbons (Fsp3) is 0.913. The Balaban J connectivity index is 0. The fourth-order valence-electron chi connectivity index (χ4n) is 2.84. The van der Waals surface area contributed by atoms with Gasteiger partial charge in [0, 0.05) is 0 Å². The van der Waals surface area contributed by atoms with Gasteiger partial charge < -0.3 is 0 Å². The van der Waals surface area contributed by atoms with E-state index in [0.29, 0.717) is 11.3 Å². The van der Waals surface area contributed by atoms with E-state index in [1.165, 1.54) is 109 Å². The molecule has 0 atom stereocenters. The van der Waals surface area contributed by atoms with E-state index in [0.717, 1.165) is 0 Å². The Morgan fingerprint density at radius 1 is 0.654 bits per heavy atom. The molecule has 0 saturated carbocycles. The molecule has 0 aromatic heterocycles. The molecule has 0 spiro atoms. The lowest BCUT2D eigenvalue weighted by Crippen LogP contribution is -2.50. The van der Waals surface area contributed by atoms with Crippen LogP contribution in [0.2, 0.25) is 0 Å². The lowest BCUT2D eigenvalue weighted by atomic mass is 10.0. The molecule has 26 heavy (non-hydrogen) atoms. The smallest absolute Gasteiger partial charge is 0.147 e. The van der Waals surface area contributed by atoms with E-state index in [4.69, 9.17) is 11.6 Å². The molecule has 0 aliphatic carbocycles. The molecule has 0 unspecified atom stereocenters. The zero-order chi connectivity index (χ0) is 19.9. The molecular weight excluding hydrogens is 318 g/mol. The summed E-state index contributed by atoms with van der Waals surface area (Å²) in [5, 5.41) is 0. The van der Waals surface area contributed by atoms with Gasteiger partial charge in [0.1, 0.15) is 6.67 Å². The number of hydrogen-bond donors (Lipinski definition) is 2. The van der Waals surface area contributed by atoms with Crippen LogP contribution in [0.4, 0.5) is 0 Å². The highest BCUT2D eigenvalue weighted by atomic mass is 15.6. The molecule has 3 nitrogen and oxygen atoms in total. The zero-order valence-electron chi connectivity index (χ0n) is 18.6. The molecule has 158 valence electrons. The second-order valence-corrected chi connectivity index (χ2v) is 8.34. The topological polar surface area (TPSA) is 52.0 Å². The summed E-state index contributed by atoms with van der Waals surface area (Å²) in [6.07, 6.45) is 26.4. The molecule has 0 saturated heterocycles. The fourth-order valence-corrected chi connectivity index (χ4v) is 2.84. The molecule has 0 aliphatic heterocycles. The summed E-state index contributed by atoms with van der Waals surface area (Å²) in [5.74, 6) is 5.35. The van der Waals surface area contributed by atoms with Crippen LogP contribution in [-0.2, 0) is 0 Å². The third-order valence-corrected chi connectivity index (χ3v) is 4.73. The van der Waals surface area contributed by atoms with Crippen LogP contribution in [-0.4, -0.2) is 25.4 Å². The Kier molecular flexibility index (Phi) is 24.3. The molecule has 0 heterocycles. The number of hydrogen-bond acceptors (Lipinski definition) is 2. The van der Waals surface area contributed by atoms with Gasteiger partial charge in [0.25, 0.3) is 0 Å². The van der Waals surface area contributed by atoms with Crippen molar-refractivity contribution in [2.45, 2.75) is 116 Å². The normalized spacial score (nSPS) is 11.1. The van der Waals surface area contributed by atoms with Gasteiger partial charge in [-0.3, -0.25) is 5.73 Å². The van der Waals surface area contributed by atoms with Gasteiger partial charge >= 0.3 is 0 Å². The first-order valence-electron chi connectivity index (χ1n) is 11.4. The van der Waals surface area contributed by atoms with Gasteiger partial charge in [0.2, 0.25) is 0 Å². The van der Waals surface area contributed by atoms with Crippen LogP contribution in [0.25, 0.3) is 0 Å². The third-order valence-electron chi connectivity index (χ3n) is 4.73. The standard InChI is InChI=1S/C20H40.C3H12N3/c1-3-5-7-9-11-13-15-17-19-20-18-16-14-12-10-8-6-4-2;1-6(2,5)3-4/h3H,1,4-20H2,2H3;3-5H2,1-2H3/q;+1. The van der Waals surface area contributed by atoms with Crippen molar-refractivity contribution in [1.29, 1.82) is 0 Å². The van der Waals surface area contributed by atoms with Crippen molar-refractivity contribution in [3.05, 3.63) is 12.7 Å². The highest BCUT2D eigenvalue weighted by molar-refractivity contribution is 4.65. The summed E-state index contributed by atoms with van der Waals surface area (Å²) < 4.78 is 0.347. The summed E-state index contributed by atoms with van der Waals surface area (Å²) in [6, 6.07) is 0. The second kappa shape index (κ2) is 22.7. The molecule has 0 aliphatic rings. The van der Waals surface area contributed by atoms with Crippen molar-refractivity contribution in [3.8, 4) is 0 Å². The zero-order valence-corrected chi connectivity index (χ0v) is 18.6. The van der Waals surface area contributed by atoms with Gasteiger partial charge in [0.05, 0.1) is 14.1 Å². The first-order chi connectivity index (χ1) is 12.5. The minimum Gasteiger partial charge on any atom is -0.283 e. The third kappa shape index (κ3) is 31.4. The van der Waals surface area contributed by atoms with Crippen LogP contribution in [0.5, 0.6) is 0 Å². The summed E-state index contributed by atoms with van der Waals surface area (Å²) in [4.78, 5) is 0. The molecular formula is C23H52N3+. The predicted molar refractivity (Wildman–Crippen MR) is 120 cm³/mol. The minimum absolute atomic E-state index is 0.347. The molecule has 0 rings (SSSR count). The molecule has 0 radical (unpaired) electrons. The van der Waals surface area contributed by atoms with E-state index in [2.05, 4.69) is 13.5 Å². The lowest BCUT2D eigenvalue weighted by Gasteiger charge is -2.18. The number of unbranched alkanes of at least 4 members (excludes halogenated alkanes) is 16. The van der Waals surface area contributed by atoms with E-state index in [1.807, 2.05) is 20.2 Å². The summed E-state index contributed by atoms with van der Waals surface area (Å²) in [7, 11) is 3.67. The largest absolute Gasteiger partial charge is 0.283 e. The SMILES string of the molecule is C=CCCCCCCCCCCCCCCCCCC.C[N+](C)(N)CN. The Labute approximate surface area is 166 Å². The van der Waals surface area contributed by atoms with Crippen LogP contribution in [0, 0.1) is 0 Å². The van der Waals surface area contributed by atoms with E-state index in [1.54, 1.807) is 0 Å². The Morgan fingerprint density at radius 2 is 0.923 bits per heavy atom. The number of quaternary nitrogens is 1. The van der Waals surface area contributed by atoms with Crippen molar-refractivity contribution in [2.24, 2.45) is 11.6 Å². The van der Waals surface area contributed by atoms with Crippen molar-refractivity contribution in [1.82, 2.24) is 0 Å². The maximum Gasteiger partial charge on any atom is 0.147 e. The second-order valence-electron chi connectivity index (χ2n) is 8.34. The monoisotopic (exact) mass is 370 g/mol. The minimum atomic E-state index is 0.347. The maximum absolute atomic E-state index is 5.35. The van der Waals surface area contributed by atoms with Gasteiger partial charge in [-0.15, -0.1) is 6.58 Å². The predicted octanol–water partition coefficient (Wildman–Crippen LogP) is 6.68. The van der Waals surface area contributed by atoms with Crippen LogP contribution in [0.3, 0.4) is 0 Å². The average Bonchev–Trinajstić information content (AvgIpc) is 2.61. The van der Waals surface area contributed by atoms with Crippen molar-refractivity contribution >= 4 is 0 Å². The Hall–Kier alpha value is -0.380. The maximum atomic E-state index is 5.35. The first kappa shape index (κ1) is 27.8. The van der Waals surface area contributed by atoms with E-state index < -0.39 is 0 Å². The molecule has 0 fully saturated rings. The van der Waals surface area contributed by atoms with Crippen LogP contribution in [0.1, 0.15) is 116 Å². The van der Waals surface area contributed by atoms with Crippen molar-refractivity contribution in [2.75, 3.05) is 20.8 Å². The molecule has 3 heteroatoms. The first-order valence-corrected chi connectivity index (χ1v) is 11.4. The number of rotatable bonds is 18. The molecule has 0 aromatic rings. The van der Waals surface area contributed by atoms with Gasteiger partial charge in [-0.25, -0.2) is 4.59 Å². The molecule has 0 amide bonds. The van der Waals surface area contributed by atoms with Gasteiger partial charge in [-0.05, 0) is 12.8 Å². The average molecular weight is 371 g/mol. The highest BCUT2D eigenvalue weighted by Crippen LogP contribution is 2.13. The summed E-state index contributed by atoms with van der Waals surface area (Å²) in [5.41, 5.74) is 5.15. The number of allylic oxidation sites excluding steroid dienone is 1. The van der Waals surface area contributed by atoms with Crippen LogP contribution >= 0.6 is 0 Å². The highest BCUT2D eigenvalue weighted by Gasteiger charge is 1.99. The lowest BCUT2D eigenvalue weighted by molar-refractivity contribution is -0.901. The van der Waals surface area contributed by atoms with Crippen molar-refractivity contribution in [3.63, 3.8) is 0 Å². The van der Waals surface area contributed by atoms with E-state index in [9.17, 15) is 0 Å². The van der Waals surface area contributed by atoms with Crippen LogP contribution in [0.15, 0.2) is 12.7 Å². The van der Waals surface area contributed by atoms with Crippen molar-refractivity contribution < 1.29 is 4.59 Å². The van der Waals surface area contributed by atoms with Gasteiger partial charge in [-0.2, -0.15) is 5.84 Å². The van der Waals surface area contributed by atoms with E-state index in [-0.39, 0.29) is 0 Å². The number of nitrogens with two attached hydrogens (primary N) is 2. The summed E-state index contributed by atoms with van der Waals surface area (Å²) in [6.45, 7) is 6.55. The quantitative estimate of drug-likeness (QED) is 0.0706. The molecule has 0 bridgehead atoms. The number of nitrogens with zero attached hydrogens (tertiary/aromatic N) is 1. The summed E-state index contributed by atoms with van der Waals surface area (Å²) >= 11 is 0. The van der Waals surface area contributed by atoms with Gasteiger partial charge in [-0.1, -0.05) is 109 Å². The Morgan fingerprint density at radius 3 is 1.15 bits per heavy atom. The molecule has 4 N–H and O–H groups in total. The van der Waals surface area contributed by atoms with E-state index >= 15 is 0 Å². The van der Waals surface area contributed by atoms with Gasteiger partial charge in [0.15, 0.2) is 0 Å². The Bertz CT molecular complexity index is 259.